The summed E-state index contributed by atoms with van der Waals surface area (Å²) in [5, 5.41) is 15.4. The van der Waals surface area contributed by atoms with E-state index >= 15 is 0 Å². The van der Waals surface area contributed by atoms with Crippen molar-refractivity contribution in [2.45, 2.75) is 32.7 Å². The molecule has 172 valence electrons. The van der Waals surface area contributed by atoms with E-state index in [1.165, 1.54) is 29.0 Å². The van der Waals surface area contributed by atoms with Gasteiger partial charge >= 0.3 is 0 Å². The predicted molar refractivity (Wildman–Crippen MR) is 130 cm³/mol. The Morgan fingerprint density at radius 3 is 2.18 bits per heavy atom. The Labute approximate surface area is 196 Å². The van der Waals surface area contributed by atoms with Crippen molar-refractivity contribution < 1.29 is 9.50 Å². The summed E-state index contributed by atoms with van der Waals surface area (Å²) < 4.78 is 14.9. The standard InChI is InChI=1S/C25H28FN5OS/c1-16(2)18-4-6-19(7-5-18)22(23-24(32)31-25(33-23)27-17(3)28-31)30-14-12-29(13-15-30)21-10-8-20(26)9-11-21/h4-11,16,22,32H,12-15H2,1-3H3/t22-/m0/s1. The molecule has 33 heavy (non-hydrogen) atoms. The Morgan fingerprint density at radius 2 is 1.58 bits per heavy atom. The minimum Gasteiger partial charge on any atom is -0.492 e. The normalized spacial score (nSPS) is 16.1. The summed E-state index contributed by atoms with van der Waals surface area (Å²) in [4.78, 5) is 10.7. The number of hydrogen-bond acceptors (Lipinski definition) is 6. The number of fused-ring (bicyclic) bond motifs is 1. The van der Waals surface area contributed by atoms with Crippen LogP contribution in [0.3, 0.4) is 0 Å². The Bertz CT molecular complexity index is 1240. The predicted octanol–water partition coefficient (Wildman–Crippen LogP) is 4.98. The molecule has 1 atom stereocenters. The fourth-order valence-corrected chi connectivity index (χ4v) is 5.67. The van der Waals surface area contributed by atoms with E-state index in [1.807, 2.05) is 19.1 Å². The van der Waals surface area contributed by atoms with Gasteiger partial charge in [-0.3, -0.25) is 4.90 Å². The maximum absolute atomic E-state index is 13.3. The summed E-state index contributed by atoms with van der Waals surface area (Å²) in [6.07, 6.45) is 0. The topological polar surface area (TPSA) is 56.9 Å². The number of rotatable bonds is 5. The minimum atomic E-state index is -0.218. The molecule has 3 heterocycles. The maximum atomic E-state index is 13.3. The number of benzene rings is 2. The third kappa shape index (κ3) is 4.20. The van der Waals surface area contributed by atoms with Gasteiger partial charge in [-0.2, -0.15) is 4.52 Å². The zero-order valence-electron chi connectivity index (χ0n) is 19.1. The van der Waals surface area contributed by atoms with Crippen molar-refractivity contribution in [3.63, 3.8) is 0 Å². The lowest BCUT2D eigenvalue weighted by Crippen LogP contribution is -2.47. The van der Waals surface area contributed by atoms with Gasteiger partial charge < -0.3 is 10.0 Å². The molecule has 2 aromatic heterocycles. The molecule has 0 radical (unpaired) electrons. The average Bonchev–Trinajstić information content (AvgIpc) is 3.32. The molecule has 6 nitrogen and oxygen atoms in total. The largest absolute Gasteiger partial charge is 0.492 e. The van der Waals surface area contributed by atoms with Crippen LogP contribution < -0.4 is 4.90 Å². The van der Waals surface area contributed by atoms with Gasteiger partial charge in [-0.25, -0.2) is 9.37 Å². The number of aromatic nitrogens is 3. The zero-order valence-corrected chi connectivity index (χ0v) is 19.9. The lowest BCUT2D eigenvalue weighted by molar-refractivity contribution is 0.211. The van der Waals surface area contributed by atoms with Crippen LogP contribution in [0.5, 0.6) is 5.88 Å². The van der Waals surface area contributed by atoms with Crippen LogP contribution in [-0.2, 0) is 0 Å². The van der Waals surface area contributed by atoms with Crippen LogP contribution >= 0.6 is 11.3 Å². The van der Waals surface area contributed by atoms with E-state index in [0.717, 1.165) is 42.3 Å². The third-order valence-electron chi connectivity index (χ3n) is 6.34. The molecule has 0 unspecified atom stereocenters. The molecular weight excluding hydrogens is 437 g/mol. The third-order valence-corrected chi connectivity index (χ3v) is 7.42. The van der Waals surface area contributed by atoms with Gasteiger partial charge in [0.05, 0.1) is 10.9 Å². The van der Waals surface area contributed by atoms with Crippen molar-refractivity contribution in [1.29, 1.82) is 0 Å². The van der Waals surface area contributed by atoms with E-state index in [1.54, 1.807) is 4.52 Å². The van der Waals surface area contributed by atoms with Crippen LogP contribution in [0, 0.1) is 12.7 Å². The minimum absolute atomic E-state index is 0.0876. The lowest BCUT2D eigenvalue weighted by Gasteiger charge is -2.40. The van der Waals surface area contributed by atoms with Gasteiger partial charge in [-0.15, -0.1) is 5.10 Å². The van der Waals surface area contributed by atoms with E-state index in [0.29, 0.717) is 16.7 Å². The molecule has 1 fully saturated rings. The lowest BCUT2D eigenvalue weighted by atomic mass is 9.97. The number of anilines is 1. The quantitative estimate of drug-likeness (QED) is 0.451. The summed E-state index contributed by atoms with van der Waals surface area (Å²) in [5.41, 5.74) is 3.47. The van der Waals surface area contributed by atoms with E-state index < -0.39 is 0 Å². The van der Waals surface area contributed by atoms with Gasteiger partial charge in [0.1, 0.15) is 11.6 Å². The SMILES string of the molecule is Cc1nc2sc([C@H](c3ccc(C(C)C)cc3)N3CCN(c4ccc(F)cc4)CC3)c(O)n2n1. The average molecular weight is 466 g/mol. The number of aryl methyl sites for hydroxylation is 1. The smallest absolute Gasteiger partial charge is 0.230 e. The van der Waals surface area contributed by atoms with Crippen molar-refractivity contribution in [2.24, 2.45) is 0 Å². The number of thiazole rings is 1. The van der Waals surface area contributed by atoms with Crippen LogP contribution in [0.25, 0.3) is 4.96 Å². The Kier molecular flexibility index (Phi) is 5.80. The summed E-state index contributed by atoms with van der Waals surface area (Å²) in [7, 11) is 0. The molecule has 0 aliphatic carbocycles. The van der Waals surface area contributed by atoms with Crippen molar-refractivity contribution in [1.82, 2.24) is 19.5 Å². The molecule has 0 saturated carbocycles. The van der Waals surface area contributed by atoms with Crippen LogP contribution in [0.15, 0.2) is 48.5 Å². The van der Waals surface area contributed by atoms with E-state index in [2.05, 4.69) is 58.0 Å². The second-order valence-corrected chi connectivity index (χ2v) is 9.88. The van der Waals surface area contributed by atoms with Crippen LogP contribution in [0.1, 0.15) is 47.6 Å². The van der Waals surface area contributed by atoms with Gasteiger partial charge in [-0.05, 0) is 48.2 Å². The Morgan fingerprint density at radius 1 is 0.939 bits per heavy atom. The molecule has 5 rings (SSSR count). The number of hydrogen-bond donors (Lipinski definition) is 1. The van der Waals surface area contributed by atoms with Crippen molar-refractivity contribution in [3.8, 4) is 5.88 Å². The molecule has 0 amide bonds. The van der Waals surface area contributed by atoms with Crippen molar-refractivity contribution >= 4 is 22.0 Å². The molecule has 1 saturated heterocycles. The second-order valence-electron chi connectivity index (χ2n) is 8.87. The second kappa shape index (κ2) is 8.76. The Hall–Kier alpha value is -2.97. The number of halogens is 1. The number of nitrogens with zero attached hydrogens (tertiary/aromatic N) is 5. The first-order valence-corrected chi connectivity index (χ1v) is 12.1. The molecule has 0 spiro atoms. The van der Waals surface area contributed by atoms with Crippen LogP contribution in [-0.4, -0.2) is 50.8 Å². The highest BCUT2D eigenvalue weighted by Gasteiger charge is 2.31. The van der Waals surface area contributed by atoms with Crippen molar-refractivity contribution in [2.75, 3.05) is 31.1 Å². The zero-order chi connectivity index (χ0) is 23.1. The Balaban J connectivity index is 1.46. The summed E-state index contributed by atoms with van der Waals surface area (Å²) in [5.74, 6) is 1.05. The first-order chi connectivity index (χ1) is 15.9. The van der Waals surface area contributed by atoms with Crippen LogP contribution in [0.2, 0.25) is 0 Å². The monoisotopic (exact) mass is 465 g/mol. The van der Waals surface area contributed by atoms with E-state index in [9.17, 15) is 9.50 Å². The number of piperazine rings is 1. The summed E-state index contributed by atoms with van der Waals surface area (Å²) in [6, 6.07) is 15.3. The van der Waals surface area contributed by atoms with Gasteiger partial charge in [-0.1, -0.05) is 49.4 Å². The van der Waals surface area contributed by atoms with Gasteiger partial charge in [0.25, 0.3) is 0 Å². The molecule has 1 N–H and O–H groups in total. The fraction of sp³-hybridized carbons (Fsp3) is 0.360. The highest BCUT2D eigenvalue weighted by molar-refractivity contribution is 7.17. The first-order valence-electron chi connectivity index (χ1n) is 11.3. The number of aromatic hydroxyl groups is 1. The molecule has 1 aliphatic heterocycles. The van der Waals surface area contributed by atoms with E-state index in [-0.39, 0.29) is 17.7 Å². The van der Waals surface area contributed by atoms with Gasteiger partial charge in [0.15, 0.2) is 0 Å². The molecule has 2 aromatic carbocycles. The van der Waals surface area contributed by atoms with Crippen molar-refractivity contribution in [3.05, 3.63) is 76.2 Å². The summed E-state index contributed by atoms with van der Waals surface area (Å²) in [6.45, 7) is 9.50. The first kappa shape index (κ1) is 21.9. The highest BCUT2D eigenvalue weighted by atomic mass is 32.1. The van der Waals surface area contributed by atoms with Crippen LogP contribution in [0.4, 0.5) is 10.1 Å². The molecular formula is C25H28FN5OS. The molecule has 4 aromatic rings. The molecule has 0 bridgehead atoms. The summed E-state index contributed by atoms with van der Waals surface area (Å²) >= 11 is 1.49. The highest BCUT2D eigenvalue weighted by Crippen LogP contribution is 2.40. The van der Waals surface area contributed by atoms with Gasteiger partial charge in [0.2, 0.25) is 10.8 Å². The molecule has 8 heteroatoms. The maximum Gasteiger partial charge on any atom is 0.230 e. The van der Waals surface area contributed by atoms with E-state index in [4.69, 9.17) is 0 Å². The molecule has 1 aliphatic rings. The van der Waals surface area contributed by atoms with Gasteiger partial charge in [0, 0.05) is 31.9 Å². The fourth-order valence-electron chi connectivity index (χ4n) is 4.51.